The number of nitro benzene ring substituents is 1. The number of hydrogen-bond acceptors (Lipinski definition) is 4. The van der Waals surface area contributed by atoms with E-state index >= 15 is 0 Å². The molecule has 1 aromatic rings. The summed E-state index contributed by atoms with van der Waals surface area (Å²) >= 11 is 0. The van der Waals surface area contributed by atoms with Gasteiger partial charge in [-0.3, -0.25) is 24.6 Å². The summed E-state index contributed by atoms with van der Waals surface area (Å²) in [7, 11) is 0. The van der Waals surface area contributed by atoms with Crippen molar-refractivity contribution in [3.63, 3.8) is 0 Å². The number of nitrogens with zero attached hydrogens (tertiary/aromatic N) is 2. The molecule has 1 fully saturated rings. The summed E-state index contributed by atoms with van der Waals surface area (Å²) < 4.78 is 0. The lowest BCUT2D eigenvalue weighted by atomic mass is 9.89. The normalized spacial score (nSPS) is 19.0. The fraction of sp³-hybridized carbons (Fsp3) is 0.467. The molecule has 2 aliphatic rings. The van der Waals surface area contributed by atoms with E-state index in [2.05, 4.69) is 0 Å². The van der Waals surface area contributed by atoms with Crippen molar-refractivity contribution in [2.45, 2.75) is 32.1 Å². The molecule has 6 nitrogen and oxygen atoms in total. The fourth-order valence-corrected chi connectivity index (χ4v) is 3.19. The first-order valence-corrected chi connectivity index (χ1v) is 7.22. The first kappa shape index (κ1) is 13.7. The second-order valence-electron chi connectivity index (χ2n) is 5.71. The quantitative estimate of drug-likeness (QED) is 0.486. The molecule has 0 N–H and O–H groups in total. The highest BCUT2D eigenvalue weighted by molar-refractivity contribution is 6.21. The molecule has 110 valence electrons. The van der Waals surface area contributed by atoms with E-state index in [1.807, 2.05) is 0 Å². The molecule has 1 saturated carbocycles. The van der Waals surface area contributed by atoms with Gasteiger partial charge in [-0.2, -0.15) is 0 Å². The van der Waals surface area contributed by atoms with E-state index in [4.69, 9.17) is 0 Å². The molecule has 1 aliphatic heterocycles. The molecule has 0 bridgehead atoms. The Morgan fingerprint density at radius 1 is 1.10 bits per heavy atom. The van der Waals surface area contributed by atoms with Crippen molar-refractivity contribution >= 4 is 17.5 Å². The van der Waals surface area contributed by atoms with Crippen LogP contribution >= 0.6 is 0 Å². The molecular weight excluding hydrogens is 272 g/mol. The van der Waals surface area contributed by atoms with Crippen molar-refractivity contribution in [1.82, 2.24) is 4.90 Å². The van der Waals surface area contributed by atoms with E-state index in [0.717, 1.165) is 25.7 Å². The number of hydrogen-bond donors (Lipinski definition) is 0. The number of non-ortho nitro benzene ring substituents is 1. The third-order valence-electron chi connectivity index (χ3n) is 4.33. The molecule has 0 aromatic heterocycles. The van der Waals surface area contributed by atoms with Crippen LogP contribution < -0.4 is 0 Å². The molecule has 6 heteroatoms. The first-order valence-electron chi connectivity index (χ1n) is 7.22. The van der Waals surface area contributed by atoms with Crippen molar-refractivity contribution < 1.29 is 14.5 Å². The Hall–Kier alpha value is -2.24. The van der Waals surface area contributed by atoms with Gasteiger partial charge in [0, 0.05) is 18.7 Å². The van der Waals surface area contributed by atoms with Gasteiger partial charge in [-0.05, 0) is 24.8 Å². The van der Waals surface area contributed by atoms with E-state index in [-0.39, 0.29) is 22.7 Å². The molecule has 0 unspecified atom stereocenters. The van der Waals surface area contributed by atoms with Gasteiger partial charge >= 0.3 is 0 Å². The number of rotatable bonds is 3. The maximum absolute atomic E-state index is 12.3. The number of carbonyl (C=O) groups excluding carboxylic acids is 2. The molecule has 0 spiro atoms. The van der Waals surface area contributed by atoms with E-state index in [0.29, 0.717) is 12.5 Å². The maximum atomic E-state index is 12.3. The lowest BCUT2D eigenvalue weighted by Gasteiger charge is -2.25. The molecule has 0 atom stereocenters. The average molecular weight is 288 g/mol. The summed E-state index contributed by atoms with van der Waals surface area (Å²) in [6.07, 6.45) is 5.56. The zero-order chi connectivity index (χ0) is 15.0. The summed E-state index contributed by atoms with van der Waals surface area (Å²) in [4.78, 5) is 36.1. The highest BCUT2D eigenvalue weighted by atomic mass is 16.6. The maximum Gasteiger partial charge on any atom is 0.270 e. The van der Waals surface area contributed by atoms with Crippen molar-refractivity contribution in [1.29, 1.82) is 0 Å². The van der Waals surface area contributed by atoms with Gasteiger partial charge in [-0.1, -0.05) is 19.3 Å². The van der Waals surface area contributed by atoms with Gasteiger partial charge in [0.05, 0.1) is 16.1 Å². The Kier molecular flexibility index (Phi) is 3.45. The molecule has 1 aliphatic carbocycles. The first-order chi connectivity index (χ1) is 10.1. The zero-order valence-corrected chi connectivity index (χ0v) is 11.6. The van der Waals surface area contributed by atoms with Gasteiger partial charge in [0.2, 0.25) is 0 Å². The van der Waals surface area contributed by atoms with Gasteiger partial charge in [0.25, 0.3) is 17.5 Å². The van der Waals surface area contributed by atoms with Gasteiger partial charge in [0.1, 0.15) is 0 Å². The largest absolute Gasteiger partial charge is 0.274 e. The minimum absolute atomic E-state index is 0.157. The number of carbonyl (C=O) groups is 2. The van der Waals surface area contributed by atoms with Crippen LogP contribution in [-0.2, 0) is 0 Å². The molecule has 0 radical (unpaired) electrons. The lowest BCUT2D eigenvalue weighted by Crippen LogP contribution is -2.35. The van der Waals surface area contributed by atoms with Crippen LogP contribution in [0.25, 0.3) is 0 Å². The van der Waals surface area contributed by atoms with Crippen molar-refractivity contribution in [2.75, 3.05) is 6.54 Å². The van der Waals surface area contributed by atoms with Crippen LogP contribution in [-0.4, -0.2) is 28.2 Å². The van der Waals surface area contributed by atoms with Gasteiger partial charge in [-0.15, -0.1) is 0 Å². The molecule has 1 heterocycles. The number of amides is 2. The molecule has 3 rings (SSSR count). The third kappa shape index (κ3) is 2.41. The Labute approximate surface area is 121 Å². The zero-order valence-electron chi connectivity index (χ0n) is 11.6. The standard InChI is InChI=1S/C15H16N2O4/c18-14-12-7-6-11(17(20)21)8-13(12)15(19)16(14)9-10-4-2-1-3-5-10/h6-8,10H,1-5,9H2. The van der Waals surface area contributed by atoms with E-state index in [9.17, 15) is 19.7 Å². The highest BCUT2D eigenvalue weighted by Gasteiger charge is 2.37. The Morgan fingerprint density at radius 2 is 1.76 bits per heavy atom. The molecule has 2 amide bonds. The molecule has 0 saturated heterocycles. The predicted molar refractivity (Wildman–Crippen MR) is 75.0 cm³/mol. The van der Waals surface area contributed by atoms with Crippen molar-refractivity contribution in [3.8, 4) is 0 Å². The number of benzene rings is 1. The summed E-state index contributed by atoms with van der Waals surface area (Å²) in [6, 6.07) is 3.86. The van der Waals surface area contributed by atoms with Crippen molar-refractivity contribution in [2.24, 2.45) is 5.92 Å². The minimum atomic E-state index is -0.554. The highest BCUT2D eigenvalue weighted by Crippen LogP contribution is 2.30. The van der Waals surface area contributed by atoms with Crippen LogP contribution in [0.2, 0.25) is 0 Å². The van der Waals surface area contributed by atoms with Crippen LogP contribution in [0.5, 0.6) is 0 Å². The SMILES string of the molecule is O=C1c2ccc([N+](=O)[O-])cc2C(=O)N1CC1CCCCC1. The lowest BCUT2D eigenvalue weighted by molar-refractivity contribution is -0.384. The molecular formula is C15H16N2O4. The van der Waals surface area contributed by atoms with Crippen LogP contribution in [0, 0.1) is 16.0 Å². The minimum Gasteiger partial charge on any atom is -0.274 e. The summed E-state index contributed by atoms with van der Waals surface area (Å²) in [5.41, 5.74) is 0.279. The fourth-order valence-electron chi connectivity index (χ4n) is 3.19. The monoisotopic (exact) mass is 288 g/mol. The van der Waals surface area contributed by atoms with Gasteiger partial charge in [-0.25, -0.2) is 0 Å². The van der Waals surface area contributed by atoms with E-state index in [1.165, 1.54) is 29.5 Å². The summed E-state index contributed by atoms with van der Waals surface area (Å²) in [5, 5.41) is 10.8. The van der Waals surface area contributed by atoms with Crippen LogP contribution in [0.3, 0.4) is 0 Å². The average Bonchev–Trinajstić information content (AvgIpc) is 2.73. The van der Waals surface area contributed by atoms with Crippen molar-refractivity contribution in [3.05, 3.63) is 39.4 Å². The van der Waals surface area contributed by atoms with Crippen LogP contribution in [0.4, 0.5) is 5.69 Å². The second-order valence-corrected chi connectivity index (χ2v) is 5.71. The Morgan fingerprint density at radius 3 is 2.43 bits per heavy atom. The third-order valence-corrected chi connectivity index (χ3v) is 4.33. The molecule has 21 heavy (non-hydrogen) atoms. The van der Waals surface area contributed by atoms with E-state index in [1.54, 1.807) is 0 Å². The number of nitro groups is 1. The summed E-state index contributed by atoms with van der Waals surface area (Å²) in [5.74, 6) is -0.365. The summed E-state index contributed by atoms with van der Waals surface area (Å²) in [6.45, 7) is 0.431. The van der Waals surface area contributed by atoms with E-state index < -0.39 is 10.8 Å². The molecule has 1 aromatic carbocycles. The smallest absolute Gasteiger partial charge is 0.270 e. The topological polar surface area (TPSA) is 80.5 Å². The van der Waals surface area contributed by atoms with Gasteiger partial charge in [0.15, 0.2) is 0 Å². The number of fused-ring (bicyclic) bond motifs is 1. The predicted octanol–water partition coefficient (Wildman–Crippen LogP) is 2.77. The van der Waals surface area contributed by atoms with Crippen LogP contribution in [0.1, 0.15) is 52.8 Å². The van der Waals surface area contributed by atoms with Gasteiger partial charge < -0.3 is 0 Å². The second kappa shape index (κ2) is 5.27. The number of imide groups is 1. The Balaban J connectivity index is 1.84. The van der Waals surface area contributed by atoms with Crippen LogP contribution in [0.15, 0.2) is 18.2 Å². The Bertz CT molecular complexity index is 620.